The molecule has 24 heavy (non-hydrogen) atoms. The Hall–Kier alpha value is -1.93. The van der Waals surface area contributed by atoms with E-state index in [0.29, 0.717) is 13.1 Å². The Morgan fingerprint density at radius 3 is 2.96 bits per heavy atom. The summed E-state index contributed by atoms with van der Waals surface area (Å²) < 4.78 is 3.02. The lowest BCUT2D eigenvalue weighted by molar-refractivity contribution is 0.809. The van der Waals surface area contributed by atoms with E-state index in [2.05, 4.69) is 48.4 Å². The van der Waals surface area contributed by atoms with Crippen molar-refractivity contribution in [3.05, 3.63) is 50.8 Å². The van der Waals surface area contributed by atoms with Crippen molar-refractivity contribution in [2.24, 2.45) is 4.99 Å². The van der Waals surface area contributed by atoms with E-state index >= 15 is 0 Å². The predicted molar refractivity (Wildman–Crippen MR) is 101 cm³/mol. The zero-order chi connectivity index (χ0) is 16.9. The van der Waals surface area contributed by atoms with Gasteiger partial charge in [0.15, 0.2) is 5.96 Å². The summed E-state index contributed by atoms with van der Waals surface area (Å²) in [6, 6.07) is 3.96. The Kier molecular flexibility index (Phi) is 5.47. The van der Waals surface area contributed by atoms with Crippen LogP contribution in [0.15, 0.2) is 40.2 Å². The molecule has 3 rings (SSSR count). The van der Waals surface area contributed by atoms with E-state index in [0.717, 1.165) is 33.3 Å². The Morgan fingerprint density at radius 2 is 2.21 bits per heavy atom. The van der Waals surface area contributed by atoms with Gasteiger partial charge in [-0.25, -0.2) is 15.0 Å². The maximum Gasteiger partial charge on any atom is 0.191 e. The molecule has 6 nitrogen and oxygen atoms in total. The molecule has 2 N–H and O–H groups in total. The van der Waals surface area contributed by atoms with Crippen LogP contribution >= 0.6 is 27.3 Å². The van der Waals surface area contributed by atoms with Gasteiger partial charge in [0.2, 0.25) is 0 Å². The van der Waals surface area contributed by atoms with E-state index in [9.17, 15) is 0 Å². The van der Waals surface area contributed by atoms with E-state index in [-0.39, 0.29) is 0 Å². The van der Waals surface area contributed by atoms with Gasteiger partial charge in [-0.2, -0.15) is 0 Å². The molecule has 0 saturated carbocycles. The Labute approximate surface area is 153 Å². The predicted octanol–water partition coefficient (Wildman–Crippen LogP) is 3.12. The van der Waals surface area contributed by atoms with Crippen molar-refractivity contribution in [2.75, 3.05) is 6.54 Å². The second-order valence-electron chi connectivity index (χ2n) is 5.26. The van der Waals surface area contributed by atoms with Gasteiger partial charge in [-0.15, -0.1) is 11.3 Å². The summed E-state index contributed by atoms with van der Waals surface area (Å²) in [7, 11) is 0. The van der Waals surface area contributed by atoms with E-state index in [1.807, 2.05) is 42.0 Å². The third kappa shape index (κ3) is 4.33. The van der Waals surface area contributed by atoms with Gasteiger partial charge >= 0.3 is 0 Å². The molecule has 0 spiro atoms. The maximum absolute atomic E-state index is 4.61. The number of guanidine groups is 1. The van der Waals surface area contributed by atoms with E-state index in [1.165, 1.54) is 4.88 Å². The number of aromatic nitrogens is 3. The molecule has 0 aliphatic rings. The zero-order valence-electron chi connectivity index (χ0n) is 13.6. The van der Waals surface area contributed by atoms with Crippen LogP contribution in [0.4, 0.5) is 0 Å². The summed E-state index contributed by atoms with van der Waals surface area (Å²) in [6.07, 6.45) is 5.88. The molecule has 8 heteroatoms. The molecule has 3 aromatic heterocycles. The van der Waals surface area contributed by atoms with E-state index in [4.69, 9.17) is 0 Å². The first-order valence-electron chi connectivity index (χ1n) is 7.70. The third-order valence-corrected chi connectivity index (χ3v) is 4.67. The van der Waals surface area contributed by atoms with Crippen LogP contribution in [0.2, 0.25) is 0 Å². The summed E-state index contributed by atoms with van der Waals surface area (Å²) in [5.41, 5.74) is 1.84. The highest BCUT2D eigenvalue weighted by atomic mass is 79.9. The number of nitrogens with zero attached hydrogens (tertiary/aromatic N) is 4. The minimum Gasteiger partial charge on any atom is -0.357 e. The number of nitrogens with one attached hydrogen (secondary N) is 2. The second-order valence-corrected chi connectivity index (χ2v) is 7.49. The molecule has 0 unspecified atom stereocenters. The lowest BCUT2D eigenvalue weighted by Gasteiger charge is -2.09. The zero-order valence-corrected chi connectivity index (χ0v) is 16.0. The molecular weight excluding hydrogens is 388 g/mol. The third-order valence-electron chi connectivity index (χ3n) is 3.28. The van der Waals surface area contributed by atoms with Crippen molar-refractivity contribution in [1.82, 2.24) is 25.0 Å². The lowest BCUT2D eigenvalue weighted by Crippen LogP contribution is -2.36. The van der Waals surface area contributed by atoms with Gasteiger partial charge in [-0.1, -0.05) is 0 Å². The molecule has 0 aromatic carbocycles. The van der Waals surface area contributed by atoms with Gasteiger partial charge < -0.3 is 15.0 Å². The number of rotatable bonds is 5. The number of halogens is 1. The largest absolute Gasteiger partial charge is 0.357 e. The molecule has 0 aliphatic heterocycles. The topological polar surface area (TPSA) is 66.6 Å². The number of fused-ring (bicyclic) bond motifs is 1. The molecule has 0 saturated heterocycles. The molecule has 126 valence electrons. The fourth-order valence-electron chi connectivity index (χ4n) is 2.24. The number of aliphatic imine (C=N–C) groups is 1. The van der Waals surface area contributed by atoms with Crippen molar-refractivity contribution < 1.29 is 0 Å². The highest BCUT2D eigenvalue weighted by Crippen LogP contribution is 2.13. The van der Waals surface area contributed by atoms with Crippen LogP contribution in [0.5, 0.6) is 0 Å². The van der Waals surface area contributed by atoms with E-state index < -0.39 is 0 Å². The van der Waals surface area contributed by atoms with Gasteiger partial charge in [0, 0.05) is 34.5 Å². The number of thiazole rings is 1. The van der Waals surface area contributed by atoms with Gasteiger partial charge in [-0.3, -0.25) is 0 Å². The molecule has 3 aromatic rings. The fraction of sp³-hybridized carbons (Fsp3) is 0.312. The van der Waals surface area contributed by atoms with Crippen LogP contribution in [0, 0.1) is 6.92 Å². The van der Waals surface area contributed by atoms with Crippen LogP contribution in [0.25, 0.3) is 5.65 Å². The smallest absolute Gasteiger partial charge is 0.191 e. The minimum absolute atomic E-state index is 0.519. The highest BCUT2D eigenvalue weighted by Gasteiger charge is 2.04. The summed E-state index contributed by atoms with van der Waals surface area (Å²) in [4.78, 5) is 14.8. The molecule has 0 atom stereocenters. The minimum atomic E-state index is 0.519. The Balaban J connectivity index is 1.67. The lowest BCUT2D eigenvalue weighted by atomic mass is 10.5. The summed E-state index contributed by atoms with van der Waals surface area (Å²) in [5, 5.41) is 7.61. The first-order valence-corrected chi connectivity index (χ1v) is 9.31. The first-order chi connectivity index (χ1) is 11.6. The average molecular weight is 407 g/mol. The Bertz CT molecular complexity index is 853. The molecule has 0 amide bonds. The van der Waals surface area contributed by atoms with Crippen LogP contribution in [-0.2, 0) is 13.1 Å². The van der Waals surface area contributed by atoms with Crippen molar-refractivity contribution in [2.45, 2.75) is 26.9 Å². The van der Waals surface area contributed by atoms with Crippen LogP contribution in [-0.4, -0.2) is 26.9 Å². The van der Waals surface area contributed by atoms with Gasteiger partial charge in [0.25, 0.3) is 0 Å². The van der Waals surface area contributed by atoms with Crippen LogP contribution in [0.3, 0.4) is 0 Å². The monoisotopic (exact) mass is 406 g/mol. The number of pyridine rings is 1. The second kappa shape index (κ2) is 7.76. The SMILES string of the molecule is CCNC(=NCc1cn2cc(Br)ccc2n1)NCc1ncc(C)s1. The van der Waals surface area contributed by atoms with Crippen LogP contribution < -0.4 is 10.6 Å². The average Bonchev–Trinajstić information content (AvgIpc) is 3.15. The van der Waals surface area contributed by atoms with Gasteiger partial charge in [0.1, 0.15) is 10.7 Å². The number of imidazole rings is 1. The number of hydrogen-bond acceptors (Lipinski definition) is 4. The van der Waals surface area contributed by atoms with Crippen LogP contribution in [0.1, 0.15) is 22.5 Å². The molecule has 0 bridgehead atoms. The maximum atomic E-state index is 4.61. The first kappa shape index (κ1) is 16.9. The summed E-state index contributed by atoms with van der Waals surface area (Å²) in [5.74, 6) is 0.767. The summed E-state index contributed by atoms with van der Waals surface area (Å²) in [6.45, 7) is 6.10. The van der Waals surface area contributed by atoms with Gasteiger partial charge in [-0.05, 0) is 41.9 Å². The molecule has 0 fully saturated rings. The normalized spacial score (nSPS) is 11.9. The fourth-order valence-corrected chi connectivity index (χ4v) is 3.32. The molecule has 3 heterocycles. The standard InChI is InChI=1S/C16H19BrN6S/c1-3-18-16(21-8-15-19-6-11(2)24-15)20-7-13-10-23-9-12(17)4-5-14(23)22-13/h4-6,9-10H,3,7-8H2,1-2H3,(H2,18,20,21). The summed E-state index contributed by atoms with van der Waals surface area (Å²) >= 11 is 5.16. The highest BCUT2D eigenvalue weighted by molar-refractivity contribution is 9.10. The van der Waals surface area contributed by atoms with Gasteiger partial charge in [0.05, 0.1) is 18.8 Å². The number of aryl methyl sites for hydroxylation is 1. The molecule has 0 aliphatic carbocycles. The van der Waals surface area contributed by atoms with Crippen molar-refractivity contribution in [3.8, 4) is 0 Å². The van der Waals surface area contributed by atoms with E-state index in [1.54, 1.807) is 11.3 Å². The van der Waals surface area contributed by atoms with Crippen molar-refractivity contribution in [1.29, 1.82) is 0 Å². The number of hydrogen-bond donors (Lipinski definition) is 2. The van der Waals surface area contributed by atoms with Crippen molar-refractivity contribution in [3.63, 3.8) is 0 Å². The Morgan fingerprint density at radius 1 is 1.33 bits per heavy atom. The molecular formula is C16H19BrN6S. The molecule has 0 radical (unpaired) electrons. The quantitative estimate of drug-likeness (QED) is 0.504. The van der Waals surface area contributed by atoms with Crippen molar-refractivity contribution >= 4 is 38.9 Å².